The van der Waals surface area contributed by atoms with Gasteiger partial charge >= 0.3 is 6.09 Å². The largest absolute Gasteiger partial charge is 0.444 e. The summed E-state index contributed by atoms with van der Waals surface area (Å²) in [6.45, 7) is 12.2. The van der Waals surface area contributed by atoms with E-state index in [0.717, 1.165) is 17.5 Å². The van der Waals surface area contributed by atoms with E-state index in [1.54, 1.807) is 52.5 Å². The van der Waals surface area contributed by atoms with Gasteiger partial charge in [-0.3, -0.25) is 14.5 Å². The van der Waals surface area contributed by atoms with Crippen LogP contribution in [0.5, 0.6) is 0 Å². The van der Waals surface area contributed by atoms with Gasteiger partial charge in [-0.15, -0.1) is 6.58 Å². The van der Waals surface area contributed by atoms with Crippen molar-refractivity contribution in [2.75, 3.05) is 39.3 Å². The molecule has 254 valence electrons. The van der Waals surface area contributed by atoms with Crippen molar-refractivity contribution in [2.24, 2.45) is 0 Å². The van der Waals surface area contributed by atoms with Crippen molar-refractivity contribution >= 4 is 17.9 Å². The summed E-state index contributed by atoms with van der Waals surface area (Å²) < 4.78 is 19.0. The number of hydrogen-bond acceptors (Lipinski definition) is 7. The quantitative estimate of drug-likeness (QED) is 0.264. The first-order valence-corrected chi connectivity index (χ1v) is 16.6. The molecule has 0 spiro atoms. The molecule has 1 aromatic heterocycles. The molecule has 1 aliphatic carbocycles. The minimum atomic E-state index is -0.750. The predicted octanol–water partition coefficient (Wildman–Crippen LogP) is 5.28. The lowest BCUT2D eigenvalue weighted by Gasteiger charge is -2.37. The van der Waals surface area contributed by atoms with Crippen molar-refractivity contribution in [1.82, 2.24) is 30.0 Å². The fraction of sp³-hybridized carbons (Fsp3) is 0.432. The Bertz CT molecular complexity index is 1550. The fourth-order valence-electron chi connectivity index (χ4n) is 6.08. The van der Waals surface area contributed by atoms with Gasteiger partial charge in [0.15, 0.2) is 5.82 Å². The molecule has 2 aliphatic rings. The predicted molar refractivity (Wildman–Crippen MR) is 182 cm³/mol. The number of nitrogens with one attached hydrogen (secondary N) is 1. The number of aromatic nitrogens is 2. The number of amides is 3. The Morgan fingerprint density at radius 2 is 1.67 bits per heavy atom. The number of nitrogens with zero attached hydrogens (tertiary/aromatic N) is 5. The number of halogens is 1. The number of piperazine rings is 1. The zero-order valence-electron chi connectivity index (χ0n) is 28.0. The van der Waals surface area contributed by atoms with Crippen LogP contribution in [0.4, 0.5) is 9.18 Å². The standard InChI is InChI=1S/C37H45FN6O4/c1-5-19-42(32-25-30(32)26-13-15-29(38)16-14-26)20-6-8-31(35(46)43-21-23-44(24-22-43)36(47)48-37(2,3)4)41-34(45)28-11-9-27(10-12-28)33-39-17-7-18-40-33/h5,7,9-18,30-32H,1,6,8,19-25H2,2-4H3,(H,41,45)/t30-,31-,32?/m0/s1. The molecule has 0 bridgehead atoms. The maximum Gasteiger partial charge on any atom is 0.410 e. The van der Waals surface area contributed by atoms with Crippen LogP contribution < -0.4 is 5.32 Å². The molecule has 3 aromatic rings. The topological polar surface area (TPSA) is 108 Å². The van der Waals surface area contributed by atoms with E-state index in [4.69, 9.17) is 4.74 Å². The first-order valence-electron chi connectivity index (χ1n) is 16.6. The lowest BCUT2D eigenvalue weighted by Crippen LogP contribution is -2.56. The Morgan fingerprint density at radius 3 is 2.29 bits per heavy atom. The van der Waals surface area contributed by atoms with E-state index in [0.29, 0.717) is 75.5 Å². The number of benzene rings is 2. The summed E-state index contributed by atoms with van der Waals surface area (Å²) in [5.74, 6) is 0.122. The lowest BCUT2D eigenvalue weighted by molar-refractivity contribution is -0.135. The molecule has 10 nitrogen and oxygen atoms in total. The van der Waals surface area contributed by atoms with E-state index in [1.807, 2.05) is 39.0 Å². The molecule has 3 atom stereocenters. The molecule has 0 radical (unpaired) electrons. The SMILES string of the molecule is C=CCN(CCC[C@H](NC(=O)c1ccc(-c2ncccn2)cc1)C(=O)N1CCN(C(=O)OC(C)(C)C)CC1)C1C[C@H]1c1ccc(F)cc1. The smallest absolute Gasteiger partial charge is 0.410 e. The minimum absolute atomic E-state index is 0.174. The minimum Gasteiger partial charge on any atom is -0.444 e. The summed E-state index contributed by atoms with van der Waals surface area (Å²) in [4.78, 5) is 54.2. The number of carbonyl (C=O) groups is 3. The highest BCUT2D eigenvalue weighted by atomic mass is 19.1. The molecule has 2 fully saturated rings. The van der Waals surface area contributed by atoms with Gasteiger partial charge in [0.05, 0.1) is 0 Å². The third kappa shape index (κ3) is 9.25. The molecular weight excluding hydrogens is 611 g/mol. The van der Waals surface area contributed by atoms with Gasteiger partial charge in [-0.05, 0) is 82.5 Å². The van der Waals surface area contributed by atoms with Gasteiger partial charge in [-0.1, -0.05) is 30.3 Å². The molecule has 1 unspecified atom stereocenters. The highest BCUT2D eigenvalue weighted by Crippen LogP contribution is 2.44. The number of carbonyl (C=O) groups excluding carboxylic acids is 3. The Balaban J connectivity index is 1.24. The second-order valence-corrected chi connectivity index (χ2v) is 13.4. The van der Waals surface area contributed by atoms with Crippen LogP contribution in [0.3, 0.4) is 0 Å². The molecule has 2 aromatic carbocycles. The van der Waals surface area contributed by atoms with E-state index in [-0.39, 0.29) is 17.6 Å². The van der Waals surface area contributed by atoms with Crippen molar-refractivity contribution in [2.45, 2.75) is 63.6 Å². The Hall–Kier alpha value is -4.64. The Kier molecular flexibility index (Phi) is 11.2. The van der Waals surface area contributed by atoms with E-state index < -0.39 is 17.7 Å². The van der Waals surface area contributed by atoms with Crippen LogP contribution in [0.15, 0.2) is 79.6 Å². The van der Waals surface area contributed by atoms with Crippen LogP contribution in [0, 0.1) is 5.82 Å². The molecule has 5 rings (SSSR count). The van der Waals surface area contributed by atoms with E-state index >= 15 is 0 Å². The third-order valence-electron chi connectivity index (χ3n) is 8.64. The van der Waals surface area contributed by atoms with Crippen LogP contribution >= 0.6 is 0 Å². The summed E-state index contributed by atoms with van der Waals surface area (Å²) in [6.07, 6.45) is 6.88. The first-order chi connectivity index (χ1) is 23.0. The second-order valence-electron chi connectivity index (χ2n) is 13.4. The average molecular weight is 657 g/mol. The van der Waals surface area contributed by atoms with Crippen LogP contribution in [-0.4, -0.2) is 99.5 Å². The lowest BCUT2D eigenvalue weighted by atomic mass is 10.1. The van der Waals surface area contributed by atoms with Crippen molar-refractivity contribution in [3.63, 3.8) is 0 Å². The van der Waals surface area contributed by atoms with Crippen LogP contribution in [0.2, 0.25) is 0 Å². The third-order valence-corrected chi connectivity index (χ3v) is 8.64. The zero-order valence-corrected chi connectivity index (χ0v) is 28.0. The molecular formula is C37H45FN6O4. The van der Waals surface area contributed by atoms with Gasteiger partial charge in [0, 0.05) is 68.2 Å². The molecule has 1 saturated heterocycles. The van der Waals surface area contributed by atoms with Crippen molar-refractivity contribution in [3.8, 4) is 11.4 Å². The second kappa shape index (κ2) is 15.5. The molecule has 2 heterocycles. The Morgan fingerprint density at radius 1 is 1.02 bits per heavy atom. The molecule has 3 amide bonds. The highest BCUT2D eigenvalue weighted by molar-refractivity contribution is 5.97. The highest BCUT2D eigenvalue weighted by Gasteiger charge is 2.42. The van der Waals surface area contributed by atoms with Gasteiger partial charge in [0.25, 0.3) is 5.91 Å². The van der Waals surface area contributed by atoms with Crippen LogP contribution in [0.1, 0.15) is 61.9 Å². The van der Waals surface area contributed by atoms with Crippen LogP contribution in [0.25, 0.3) is 11.4 Å². The zero-order chi connectivity index (χ0) is 34.3. The van der Waals surface area contributed by atoms with Crippen molar-refractivity contribution in [1.29, 1.82) is 0 Å². The van der Waals surface area contributed by atoms with Gasteiger partial charge in [0.1, 0.15) is 17.5 Å². The molecule has 11 heteroatoms. The summed E-state index contributed by atoms with van der Waals surface area (Å²) in [5.41, 5.74) is 1.72. The van der Waals surface area contributed by atoms with Gasteiger partial charge < -0.3 is 19.9 Å². The average Bonchev–Trinajstić information content (AvgIpc) is 3.88. The Labute approximate surface area is 282 Å². The molecule has 1 aliphatic heterocycles. The number of hydrogen-bond donors (Lipinski definition) is 1. The summed E-state index contributed by atoms with van der Waals surface area (Å²) >= 11 is 0. The molecule has 1 saturated carbocycles. The first kappa shape index (κ1) is 34.7. The van der Waals surface area contributed by atoms with Gasteiger partial charge in [0.2, 0.25) is 5.91 Å². The van der Waals surface area contributed by atoms with Gasteiger partial charge in [-0.25, -0.2) is 19.2 Å². The van der Waals surface area contributed by atoms with Gasteiger partial charge in [-0.2, -0.15) is 0 Å². The van der Waals surface area contributed by atoms with Crippen LogP contribution in [-0.2, 0) is 9.53 Å². The molecule has 48 heavy (non-hydrogen) atoms. The van der Waals surface area contributed by atoms with Crippen molar-refractivity contribution in [3.05, 3.63) is 96.6 Å². The van der Waals surface area contributed by atoms with E-state index in [2.05, 4.69) is 26.8 Å². The number of rotatable bonds is 12. The number of ether oxygens (including phenoxy) is 1. The maximum absolute atomic E-state index is 13.9. The summed E-state index contributed by atoms with van der Waals surface area (Å²) in [5, 5.41) is 3.00. The van der Waals surface area contributed by atoms with Crippen molar-refractivity contribution < 1.29 is 23.5 Å². The summed E-state index contributed by atoms with van der Waals surface area (Å²) in [7, 11) is 0. The molecule has 1 N–H and O–H groups in total. The monoisotopic (exact) mass is 656 g/mol. The summed E-state index contributed by atoms with van der Waals surface area (Å²) in [6, 6.07) is 15.0. The fourth-order valence-corrected chi connectivity index (χ4v) is 6.08. The maximum atomic E-state index is 13.9. The van der Waals surface area contributed by atoms with E-state index in [1.165, 1.54) is 12.1 Å². The normalized spacial score (nSPS) is 18.3. The van der Waals surface area contributed by atoms with E-state index in [9.17, 15) is 18.8 Å².